The van der Waals surface area contributed by atoms with Crippen LogP contribution in [0.5, 0.6) is 11.5 Å². The monoisotopic (exact) mass is 357 g/mol. The zero-order chi connectivity index (χ0) is 18.7. The summed E-state index contributed by atoms with van der Waals surface area (Å²) in [6, 6.07) is 5.77. The first-order valence-electron chi connectivity index (χ1n) is 9.07. The van der Waals surface area contributed by atoms with E-state index in [2.05, 4.69) is 18.8 Å². The summed E-state index contributed by atoms with van der Waals surface area (Å²) in [5, 5.41) is 0. The first-order valence-corrected chi connectivity index (χ1v) is 9.07. The Labute approximate surface area is 154 Å². The highest BCUT2D eigenvalue weighted by Gasteiger charge is 2.32. The van der Waals surface area contributed by atoms with E-state index in [0.29, 0.717) is 6.54 Å². The third-order valence-corrected chi connectivity index (χ3v) is 4.94. The average molecular weight is 357 g/mol. The molecule has 0 unspecified atom stereocenters. The van der Waals surface area contributed by atoms with Crippen molar-refractivity contribution in [3.63, 3.8) is 0 Å². The Morgan fingerprint density at radius 3 is 2.81 bits per heavy atom. The van der Waals surface area contributed by atoms with Gasteiger partial charge in [0, 0.05) is 30.4 Å². The van der Waals surface area contributed by atoms with Crippen molar-refractivity contribution in [3.05, 3.63) is 42.0 Å². The second-order valence-corrected chi connectivity index (χ2v) is 6.92. The fourth-order valence-electron chi connectivity index (χ4n) is 3.68. The van der Waals surface area contributed by atoms with Gasteiger partial charge in [0.1, 0.15) is 23.9 Å². The molecular formula is C20H27N3O3. The number of nitrogens with zero attached hydrogens (tertiary/aromatic N) is 3. The first kappa shape index (κ1) is 18.3. The molecule has 1 amide bonds. The number of benzene rings is 1. The van der Waals surface area contributed by atoms with Crippen LogP contribution in [0.15, 0.2) is 30.6 Å². The van der Waals surface area contributed by atoms with E-state index in [1.807, 2.05) is 33.9 Å². The van der Waals surface area contributed by atoms with E-state index in [0.717, 1.165) is 42.3 Å². The zero-order valence-corrected chi connectivity index (χ0v) is 15.9. The number of amides is 1. The molecule has 0 spiro atoms. The van der Waals surface area contributed by atoms with E-state index < -0.39 is 0 Å². The summed E-state index contributed by atoms with van der Waals surface area (Å²) in [5.74, 6) is 2.90. The number of carbonyl (C=O) groups is 1. The van der Waals surface area contributed by atoms with Crippen molar-refractivity contribution in [3.8, 4) is 11.5 Å². The van der Waals surface area contributed by atoms with Gasteiger partial charge in [-0.15, -0.1) is 0 Å². The molecule has 1 saturated heterocycles. The van der Waals surface area contributed by atoms with Crippen LogP contribution in [0.2, 0.25) is 0 Å². The van der Waals surface area contributed by atoms with Crippen LogP contribution < -0.4 is 9.47 Å². The number of rotatable bonds is 6. The van der Waals surface area contributed by atoms with Crippen molar-refractivity contribution in [2.75, 3.05) is 20.8 Å². The highest BCUT2D eigenvalue weighted by molar-refractivity contribution is 5.77. The number of carbonyl (C=O) groups excluding carboxylic acids is 1. The van der Waals surface area contributed by atoms with Gasteiger partial charge in [0.25, 0.3) is 0 Å². The lowest BCUT2D eigenvalue weighted by Gasteiger charge is -2.27. The van der Waals surface area contributed by atoms with Gasteiger partial charge in [0.2, 0.25) is 5.91 Å². The minimum atomic E-state index is 0.0126. The Morgan fingerprint density at radius 1 is 1.31 bits per heavy atom. The molecular weight excluding hydrogens is 330 g/mol. The Kier molecular flexibility index (Phi) is 5.49. The number of ether oxygens (including phenoxy) is 2. The number of hydrogen-bond acceptors (Lipinski definition) is 4. The van der Waals surface area contributed by atoms with Crippen LogP contribution in [0.3, 0.4) is 0 Å². The highest BCUT2D eigenvalue weighted by atomic mass is 16.5. The quantitative estimate of drug-likeness (QED) is 0.795. The van der Waals surface area contributed by atoms with E-state index in [4.69, 9.17) is 9.47 Å². The molecule has 26 heavy (non-hydrogen) atoms. The molecule has 0 bridgehead atoms. The maximum Gasteiger partial charge on any atom is 0.243 e. The Bertz CT molecular complexity index is 769. The Hall–Kier alpha value is -2.50. The molecule has 0 aliphatic carbocycles. The van der Waals surface area contributed by atoms with Gasteiger partial charge in [-0.2, -0.15) is 0 Å². The highest BCUT2D eigenvalue weighted by Crippen LogP contribution is 2.39. The van der Waals surface area contributed by atoms with Crippen molar-refractivity contribution in [1.29, 1.82) is 0 Å². The normalized spacial score (nSPS) is 17.0. The lowest BCUT2D eigenvalue weighted by atomic mass is 10.0. The van der Waals surface area contributed by atoms with Gasteiger partial charge in [0.05, 0.1) is 20.3 Å². The van der Waals surface area contributed by atoms with Crippen molar-refractivity contribution in [1.82, 2.24) is 14.5 Å². The number of aromatic nitrogens is 2. The number of methoxy groups -OCH3 is 2. The topological polar surface area (TPSA) is 56.6 Å². The largest absolute Gasteiger partial charge is 0.497 e. The van der Waals surface area contributed by atoms with Crippen molar-refractivity contribution in [2.45, 2.75) is 45.2 Å². The third-order valence-electron chi connectivity index (χ3n) is 4.94. The molecule has 3 rings (SSSR count). The van der Waals surface area contributed by atoms with Crippen LogP contribution in [-0.4, -0.2) is 41.1 Å². The van der Waals surface area contributed by atoms with Crippen molar-refractivity contribution in [2.24, 2.45) is 0 Å². The van der Waals surface area contributed by atoms with Gasteiger partial charge < -0.3 is 18.9 Å². The van der Waals surface area contributed by atoms with Gasteiger partial charge in [-0.05, 0) is 31.0 Å². The van der Waals surface area contributed by atoms with Gasteiger partial charge in [0.15, 0.2) is 0 Å². The van der Waals surface area contributed by atoms with Crippen LogP contribution in [0.1, 0.15) is 50.0 Å². The summed E-state index contributed by atoms with van der Waals surface area (Å²) in [6.45, 7) is 5.25. The molecule has 1 fully saturated rings. The molecule has 140 valence electrons. The Morgan fingerprint density at radius 2 is 2.12 bits per heavy atom. The number of imidazole rings is 1. The van der Waals surface area contributed by atoms with Gasteiger partial charge >= 0.3 is 0 Å². The molecule has 1 aliphatic heterocycles. The summed E-state index contributed by atoms with van der Waals surface area (Å²) in [7, 11) is 3.31. The second-order valence-electron chi connectivity index (χ2n) is 6.92. The van der Waals surface area contributed by atoms with Crippen molar-refractivity contribution < 1.29 is 14.3 Å². The minimum Gasteiger partial charge on any atom is -0.497 e. The smallest absolute Gasteiger partial charge is 0.243 e. The standard InChI is InChI=1S/C20H27N3O3/c1-14(2)20-21-9-11-22(20)13-19(24)23-10-5-6-17(23)16-12-15(25-3)7-8-18(16)26-4/h7-9,11-12,14,17H,5-6,10,13H2,1-4H3/t17-/m0/s1. The molecule has 2 heterocycles. The van der Waals surface area contributed by atoms with Crippen LogP contribution >= 0.6 is 0 Å². The minimum absolute atomic E-state index is 0.0126. The van der Waals surface area contributed by atoms with Gasteiger partial charge in [-0.3, -0.25) is 4.79 Å². The van der Waals surface area contributed by atoms with E-state index >= 15 is 0 Å². The number of likely N-dealkylation sites (tertiary alicyclic amines) is 1. The summed E-state index contributed by atoms with van der Waals surface area (Å²) >= 11 is 0. The lowest BCUT2D eigenvalue weighted by molar-refractivity contribution is -0.132. The molecule has 6 heteroatoms. The predicted molar refractivity (Wildman–Crippen MR) is 99.6 cm³/mol. The SMILES string of the molecule is COc1ccc(OC)c([C@@H]2CCCN2C(=O)Cn2ccnc2C(C)C)c1. The molecule has 1 atom stereocenters. The molecule has 0 N–H and O–H groups in total. The van der Waals surface area contributed by atoms with Crippen LogP contribution in [0, 0.1) is 0 Å². The van der Waals surface area contributed by atoms with E-state index in [1.165, 1.54) is 0 Å². The molecule has 1 aromatic carbocycles. The summed E-state index contributed by atoms with van der Waals surface area (Å²) in [5.41, 5.74) is 1.01. The van der Waals surface area contributed by atoms with Gasteiger partial charge in [-0.25, -0.2) is 4.98 Å². The maximum atomic E-state index is 13.0. The van der Waals surface area contributed by atoms with E-state index in [1.54, 1.807) is 20.4 Å². The maximum absolute atomic E-state index is 13.0. The van der Waals surface area contributed by atoms with Crippen LogP contribution in [0.25, 0.3) is 0 Å². The summed E-state index contributed by atoms with van der Waals surface area (Å²) in [4.78, 5) is 19.4. The number of hydrogen-bond donors (Lipinski definition) is 0. The molecule has 6 nitrogen and oxygen atoms in total. The molecule has 2 aromatic rings. The zero-order valence-electron chi connectivity index (χ0n) is 15.9. The fourth-order valence-corrected chi connectivity index (χ4v) is 3.68. The van der Waals surface area contributed by atoms with Crippen LogP contribution in [-0.2, 0) is 11.3 Å². The van der Waals surface area contributed by atoms with E-state index in [9.17, 15) is 4.79 Å². The molecule has 0 saturated carbocycles. The van der Waals surface area contributed by atoms with Crippen LogP contribution in [0.4, 0.5) is 0 Å². The molecule has 1 aromatic heterocycles. The molecule has 1 aliphatic rings. The molecule has 0 radical (unpaired) electrons. The third kappa shape index (κ3) is 3.54. The lowest BCUT2D eigenvalue weighted by Crippen LogP contribution is -2.34. The van der Waals surface area contributed by atoms with E-state index in [-0.39, 0.29) is 17.9 Å². The van der Waals surface area contributed by atoms with Gasteiger partial charge in [-0.1, -0.05) is 13.8 Å². The predicted octanol–water partition coefficient (Wildman–Crippen LogP) is 3.39. The summed E-state index contributed by atoms with van der Waals surface area (Å²) in [6.07, 6.45) is 5.55. The summed E-state index contributed by atoms with van der Waals surface area (Å²) < 4.78 is 12.8. The Balaban J connectivity index is 1.84. The second kappa shape index (κ2) is 7.81. The average Bonchev–Trinajstić information content (AvgIpc) is 3.30. The fraction of sp³-hybridized carbons (Fsp3) is 0.500. The van der Waals surface area contributed by atoms with Crippen molar-refractivity contribution >= 4 is 5.91 Å². The first-order chi connectivity index (χ1) is 12.5.